The lowest BCUT2D eigenvalue weighted by atomic mass is 9.60. The number of carbonyl (C=O) groups is 1. The maximum atomic E-state index is 12.3. The average Bonchev–Trinajstić information content (AvgIpc) is 2.88. The molecular weight excluding hydrogens is 282 g/mol. The van der Waals surface area contributed by atoms with Gasteiger partial charge in [0, 0.05) is 23.1 Å². The van der Waals surface area contributed by atoms with Crippen LogP contribution in [0.15, 0.2) is 48.2 Å². The highest BCUT2D eigenvalue weighted by molar-refractivity contribution is 5.95. The van der Waals surface area contributed by atoms with Gasteiger partial charge in [-0.2, -0.15) is 0 Å². The van der Waals surface area contributed by atoms with Crippen molar-refractivity contribution in [2.75, 3.05) is 13.6 Å². The summed E-state index contributed by atoms with van der Waals surface area (Å²) in [5.41, 5.74) is 1.86. The zero-order valence-corrected chi connectivity index (χ0v) is 12.6. The fourth-order valence-electron chi connectivity index (χ4n) is 4.05. The van der Waals surface area contributed by atoms with E-state index in [0.29, 0.717) is 6.04 Å². The Morgan fingerprint density at radius 3 is 3.00 bits per heavy atom. The van der Waals surface area contributed by atoms with Crippen molar-refractivity contribution in [2.45, 2.75) is 31.4 Å². The Balaban J connectivity index is 2.01. The summed E-state index contributed by atoms with van der Waals surface area (Å²) >= 11 is 0. The molecule has 2 bridgehead atoms. The number of allylic oxidation sites excluding steroid dienone is 2. The van der Waals surface area contributed by atoms with Crippen LogP contribution in [-0.4, -0.2) is 46.6 Å². The Bertz CT molecular complexity index is 589. The lowest BCUT2D eigenvalue weighted by Gasteiger charge is -2.50. The first-order valence-electron chi connectivity index (χ1n) is 7.53. The van der Waals surface area contributed by atoms with E-state index < -0.39 is 6.10 Å². The first kappa shape index (κ1) is 14.9. The molecule has 0 radical (unpaired) electrons. The van der Waals surface area contributed by atoms with Crippen molar-refractivity contribution in [1.82, 2.24) is 4.90 Å². The zero-order valence-electron chi connectivity index (χ0n) is 12.6. The van der Waals surface area contributed by atoms with Crippen molar-refractivity contribution >= 4 is 5.78 Å². The standard InChI is InChI=1S/C17H21NO4/c1-18-6-5-17-10-13(18)9-12(3-2-7-19)14(17)11-22-16(17)15(21)4-8-20/h2-4,7-8,11,13,16,19-20H,5-6,9-10H2,1H3/b7-2+,8-4?,12-3-/t13-,16+,17+/m1/s1. The summed E-state index contributed by atoms with van der Waals surface area (Å²) in [6.07, 6.45) is 10.2. The van der Waals surface area contributed by atoms with Gasteiger partial charge in [-0.3, -0.25) is 4.79 Å². The number of rotatable bonds is 3. The van der Waals surface area contributed by atoms with Gasteiger partial charge in [-0.05, 0) is 44.5 Å². The second-order valence-electron chi connectivity index (χ2n) is 6.25. The molecule has 22 heavy (non-hydrogen) atoms. The number of ether oxygens (including phenoxy) is 1. The number of nitrogens with zero attached hydrogens (tertiary/aromatic N) is 1. The van der Waals surface area contributed by atoms with Gasteiger partial charge in [0.05, 0.1) is 18.8 Å². The number of fused-ring (bicyclic) bond motifs is 1. The van der Waals surface area contributed by atoms with Gasteiger partial charge < -0.3 is 19.8 Å². The minimum absolute atomic E-state index is 0.198. The molecule has 2 heterocycles. The van der Waals surface area contributed by atoms with Crippen molar-refractivity contribution in [3.63, 3.8) is 0 Å². The van der Waals surface area contributed by atoms with Gasteiger partial charge >= 0.3 is 0 Å². The van der Waals surface area contributed by atoms with Crippen LogP contribution >= 0.6 is 0 Å². The summed E-state index contributed by atoms with van der Waals surface area (Å²) in [7, 11) is 2.10. The summed E-state index contributed by atoms with van der Waals surface area (Å²) in [5.74, 6) is -0.198. The molecule has 2 fully saturated rings. The molecule has 1 saturated heterocycles. The number of likely N-dealkylation sites (tertiary alicyclic amines) is 1. The van der Waals surface area contributed by atoms with Gasteiger partial charge in [0.15, 0.2) is 11.9 Å². The normalized spacial score (nSPS) is 36.6. The van der Waals surface area contributed by atoms with E-state index in [1.165, 1.54) is 6.08 Å². The number of aliphatic hydroxyl groups excluding tert-OH is 2. The molecule has 5 heteroatoms. The molecule has 118 valence electrons. The van der Waals surface area contributed by atoms with Crippen LogP contribution in [0.4, 0.5) is 0 Å². The van der Waals surface area contributed by atoms with Crippen molar-refractivity contribution in [1.29, 1.82) is 0 Å². The van der Waals surface area contributed by atoms with Gasteiger partial charge in [0.2, 0.25) is 0 Å². The van der Waals surface area contributed by atoms with Crippen LogP contribution in [0.1, 0.15) is 19.3 Å². The predicted molar refractivity (Wildman–Crippen MR) is 82.3 cm³/mol. The van der Waals surface area contributed by atoms with E-state index in [0.717, 1.165) is 49.5 Å². The second-order valence-corrected chi connectivity index (χ2v) is 6.25. The van der Waals surface area contributed by atoms with E-state index in [9.17, 15) is 4.79 Å². The third kappa shape index (κ3) is 2.16. The van der Waals surface area contributed by atoms with Gasteiger partial charge in [0.25, 0.3) is 0 Å². The van der Waals surface area contributed by atoms with E-state index in [2.05, 4.69) is 11.9 Å². The highest BCUT2D eigenvalue weighted by Gasteiger charge is 2.56. The van der Waals surface area contributed by atoms with E-state index in [1.54, 1.807) is 12.3 Å². The Morgan fingerprint density at radius 1 is 1.45 bits per heavy atom. The molecule has 2 N–H and O–H groups in total. The average molecular weight is 303 g/mol. The van der Waals surface area contributed by atoms with Gasteiger partial charge in [-0.1, -0.05) is 6.08 Å². The summed E-state index contributed by atoms with van der Waals surface area (Å²) in [6.45, 7) is 0.918. The minimum atomic E-state index is -0.566. The molecule has 3 atom stereocenters. The molecule has 1 spiro atoms. The molecular formula is C17H21NO4. The number of aliphatic hydroxyl groups is 2. The van der Waals surface area contributed by atoms with Crippen LogP contribution in [0, 0.1) is 5.41 Å². The summed E-state index contributed by atoms with van der Waals surface area (Å²) in [6, 6.07) is 0.361. The van der Waals surface area contributed by atoms with Crippen LogP contribution < -0.4 is 0 Å². The molecule has 0 amide bonds. The van der Waals surface area contributed by atoms with Crippen LogP contribution in [0.25, 0.3) is 0 Å². The lowest BCUT2D eigenvalue weighted by Crippen LogP contribution is -2.54. The monoisotopic (exact) mass is 303 g/mol. The molecule has 3 aliphatic rings. The summed E-state index contributed by atoms with van der Waals surface area (Å²) in [5, 5.41) is 17.8. The van der Waals surface area contributed by atoms with Crippen LogP contribution in [0.3, 0.4) is 0 Å². The lowest BCUT2D eigenvalue weighted by molar-refractivity contribution is -0.128. The Morgan fingerprint density at radius 2 is 2.27 bits per heavy atom. The van der Waals surface area contributed by atoms with E-state index in [1.807, 2.05) is 6.08 Å². The number of hydrogen-bond donors (Lipinski definition) is 2. The molecule has 2 aliphatic heterocycles. The maximum Gasteiger partial charge on any atom is 0.200 e. The first-order valence-corrected chi connectivity index (χ1v) is 7.53. The molecule has 3 rings (SSSR count). The molecule has 1 saturated carbocycles. The maximum absolute atomic E-state index is 12.3. The van der Waals surface area contributed by atoms with Crippen molar-refractivity contribution in [3.05, 3.63) is 48.2 Å². The molecule has 0 aromatic carbocycles. The van der Waals surface area contributed by atoms with Gasteiger partial charge in [0.1, 0.15) is 0 Å². The second kappa shape index (κ2) is 5.65. The quantitative estimate of drug-likeness (QED) is 0.619. The number of piperidine rings is 1. The van der Waals surface area contributed by atoms with Crippen LogP contribution in [0.5, 0.6) is 0 Å². The third-order valence-electron chi connectivity index (χ3n) is 5.18. The molecule has 5 nitrogen and oxygen atoms in total. The van der Waals surface area contributed by atoms with Crippen molar-refractivity contribution in [3.8, 4) is 0 Å². The van der Waals surface area contributed by atoms with Crippen LogP contribution in [0.2, 0.25) is 0 Å². The smallest absolute Gasteiger partial charge is 0.200 e. The minimum Gasteiger partial charge on any atom is -0.516 e. The predicted octanol–water partition coefficient (Wildman–Crippen LogP) is 2.39. The highest BCUT2D eigenvalue weighted by Crippen LogP contribution is 2.56. The Kier molecular flexibility index (Phi) is 3.83. The molecule has 0 unspecified atom stereocenters. The van der Waals surface area contributed by atoms with E-state index in [4.69, 9.17) is 14.9 Å². The van der Waals surface area contributed by atoms with Crippen LogP contribution in [-0.2, 0) is 9.53 Å². The molecule has 0 aromatic heterocycles. The summed E-state index contributed by atoms with van der Waals surface area (Å²) < 4.78 is 5.72. The van der Waals surface area contributed by atoms with Gasteiger partial charge in [-0.15, -0.1) is 0 Å². The fourth-order valence-corrected chi connectivity index (χ4v) is 4.05. The number of carbonyl (C=O) groups excluding carboxylic acids is 1. The Hall–Kier alpha value is -2.01. The van der Waals surface area contributed by atoms with E-state index >= 15 is 0 Å². The molecule has 1 aliphatic carbocycles. The topological polar surface area (TPSA) is 70.0 Å². The zero-order chi connectivity index (χ0) is 15.7. The fraction of sp³-hybridized carbons (Fsp3) is 0.471. The largest absolute Gasteiger partial charge is 0.516 e. The Labute approximate surface area is 129 Å². The molecule has 0 aromatic rings. The van der Waals surface area contributed by atoms with E-state index in [-0.39, 0.29) is 11.2 Å². The van der Waals surface area contributed by atoms with Crippen molar-refractivity contribution in [2.24, 2.45) is 5.41 Å². The number of ketones is 1. The van der Waals surface area contributed by atoms with Gasteiger partial charge in [-0.25, -0.2) is 0 Å². The first-order chi connectivity index (χ1) is 10.6. The SMILES string of the molecule is CN1CC[C@]23C[C@H]1C/C(=C/C=C/O)C2=CO[C@H]3C(=O)C=CO. The highest BCUT2D eigenvalue weighted by atomic mass is 16.5. The summed E-state index contributed by atoms with van der Waals surface area (Å²) in [4.78, 5) is 14.6. The third-order valence-corrected chi connectivity index (χ3v) is 5.18. The van der Waals surface area contributed by atoms with Crippen molar-refractivity contribution < 1.29 is 19.7 Å². The number of hydrogen-bond acceptors (Lipinski definition) is 5.